The fraction of sp³-hybridized carbons (Fsp3) is 0.350. The SMILES string of the molecule is CC(C)c1ccccc1OCCNC(=O)CSCc1ccc(Cl)cc1F. The van der Waals surface area contributed by atoms with Crippen molar-refractivity contribution in [3.63, 3.8) is 0 Å². The molecule has 0 unspecified atom stereocenters. The molecule has 0 aromatic heterocycles. The van der Waals surface area contributed by atoms with Crippen LogP contribution in [0.1, 0.15) is 30.9 Å². The molecule has 0 atom stereocenters. The lowest BCUT2D eigenvalue weighted by Crippen LogP contribution is -2.29. The minimum atomic E-state index is -0.345. The van der Waals surface area contributed by atoms with E-state index in [2.05, 4.69) is 19.2 Å². The number of para-hydroxylation sites is 1. The zero-order chi connectivity index (χ0) is 18.9. The van der Waals surface area contributed by atoms with Crippen LogP contribution >= 0.6 is 23.4 Å². The summed E-state index contributed by atoms with van der Waals surface area (Å²) in [5, 5.41) is 3.18. The monoisotopic (exact) mass is 395 g/mol. The molecule has 2 aromatic rings. The van der Waals surface area contributed by atoms with Crippen molar-refractivity contribution in [1.29, 1.82) is 0 Å². The van der Waals surface area contributed by atoms with E-state index in [1.165, 1.54) is 17.8 Å². The Labute approximate surface area is 163 Å². The highest BCUT2D eigenvalue weighted by Gasteiger charge is 2.08. The predicted octanol–water partition coefficient (Wildman–Crippen LogP) is 5.03. The Balaban J connectivity index is 1.66. The standard InChI is InChI=1S/C20H23ClFNO2S/c1-14(2)17-5-3-4-6-19(17)25-10-9-23-20(24)13-26-12-15-7-8-16(21)11-18(15)22/h3-8,11,14H,9-10,12-13H2,1-2H3,(H,23,24). The third-order valence-corrected chi connectivity index (χ3v) is 4.95. The largest absolute Gasteiger partial charge is 0.491 e. The van der Waals surface area contributed by atoms with Crippen LogP contribution in [0.3, 0.4) is 0 Å². The number of rotatable bonds is 9. The molecule has 2 rings (SSSR count). The second kappa shape index (κ2) is 10.4. The van der Waals surface area contributed by atoms with Gasteiger partial charge in [0, 0.05) is 10.8 Å². The van der Waals surface area contributed by atoms with Gasteiger partial charge >= 0.3 is 0 Å². The Kier molecular flexibility index (Phi) is 8.26. The van der Waals surface area contributed by atoms with E-state index in [1.807, 2.05) is 24.3 Å². The fourth-order valence-corrected chi connectivity index (χ4v) is 3.39. The van der Waals surface area contributed by atoms with Crippen molar-refractivity contribution in [1.82, 2.24) is 5.32 Å². The van der Waals surface area contributed by atoms with E-state index in [-0.39, 0.29) is 17.5 Å². The van der Waals surface area contributed by atoms with Gasteiger partial charge in [-0.1, -0.05) is 49.7 Å². The number of halogens is 2. The first-order valence-corrected chi connectivity index (χ1v) is 10.0. The molecule has 1 N–H and O–H groups in total. The molecule has 3 nitrogen and oxygen atoms in total. The van der Waals surface area contributed by atoms with Crippen LogP contribution in [0.15, 0.2) is 42.5 Å². The molecule has 0 aliphatic carbocycles. The maximum absolute atomic E-state index is 13.7. The number of ether oxygens (including phenoxy) is 1. The van der Waals surface area contributed by atoms with Crippen molar-refractivity contribution in [2.75, 3.05) is 18.9 Å². The summed E-state index contributed by atoms with van der Waals surface area (Å²) >= 11 is 7.08. The summed E-state index contributed by atoms with van der Waals surface area (Å²) in [7, 11) is 0. The molecule has 0 fully saturated rings. The molecule has 26 heavy (non-hydrogen) atoms. The van der Waals surface area contributed by atoms with Crippen LogP contribution in [-0.4, -0.2) is 24.8 Å². The highest BCUT2D eigenvalue weighted by Crippen LogP contribution is 2.25. The number of carbonyl (C=O) groups is 1. The zero-order valence-corrected chi connectivity index (χ0v) is 16.5. The van der Waals surface area contributed by atoms with Crippen LogP contribution in [0, 0.1) is 5.82 Å². The van der Waals surface area contributed by atoms with Crippen molar-refractivity contribution in [3.8, 4) is 5.75 Å². The van der Waals surface area contributed by atoms with Gasteiger partial charge in [0.15, 0.2) is 0 Å². The number of hydrogen-bond donors (Lipinski definition) is 1. The first-order valence-electron chi connectivity index (χ1n) is 8.47. The van der Waals surface area contributed by atoms with Gasteiger partial charge in [-0.2, -0.15) is 0 Å². The summed E-state index contributed by atoms with van der Waals surface area (Å²) in [6, 6.07) is 12.5. The van der Waals surface area contributed by atoms with E-state index in [0.717, 1.165) is 11.3 Å². The van der Waals surface area contributed by atoms with Crippen molar-refractivity contribution in [2.24, 2.45) is 0 Å². The molecule has 0 spiro atoms. The molecular weight excluding hydrogens is 373 g/mol. The molecule has 0 heterocycles. The average molecular weight is 396 g/mol. The summed E-state index contributed by atoms with van der Waals surface area (Å²) in [6.07, 6.45) is 0. The van der Waals surface area contributed by atoms with E-state index in [9.17, 15) is 9.18 Å². The number of hydrogen-bond acceptors (Lipinski definition) is 3. The van der Waals surface area contributed by atoms with Gasteiger partial charge < -0.3 is 10.1 Å². The molecule has 0 radical (unpaired) electrons. The Bertz CT molecular complexity index is 740. The maximum Gasteiger partial charge on any atom is 0.230 e. The summed E-state index contributed by atoms with van der Waals surface area (Å²) < 4.78 is 19.4. The van der Waals surface area contributed by atoms with Crippen LogP contribution in [0.2, 0.25) is 5.02 Å². The van der Waals surface area contributed by atoms with Gasteiger partial charge in [0.25, 0.3) is 0 Å². The van der Waals surface area contributed by atoms with Gasteiger partial charge in [-0.3, -0.25) is 4.79 Å². The lowest BCUT2D eigenvalue weighted by molar-refractivity contribution is -0.118. The molecule has 0 saturated carbocycles. The molecule has 2 aromatic carbocycles. The Morgan fingerprint density at radius 1 is 1.27 bits per heavy atom. The number of carbonyl (C=O) groups excluding carboxylic acids is 1. The first-order chi connectivity index (χ1) is 12.5. The second-order valence-electron chi connectivity index (χ2n) is 6.12. The minimum Gasteiger partial charge on any atom is -0.491 e. The Morgan fingerprint density at radius 3 is 2.77 bits per heavy atom. The molecular formula is C20H23ClFNO2S. The van der Waals surface area contributed by atoms with Crippen molar-refractivity contribution in [2.45, 2.75) is 25.5 Å². The molecule has 0 aliphatic rings. The second-order valence-corrected chi connectivity index (χ2v) is 7.54. The first kappa shape index (κ1) is 20.6. The topological polar surface area (TPSA) is 38.3 Å². The molecule has 140 valence electrons. The van der Waals surface area contributed by atoms with Crippen LogP contribution < -0.4 is 10.1 Å². The number of benzene rings is 2. The van der Waals surface area contributed by atoms with Crippen molar-refractivity contribution >= 4 is 29.3 Å². The van der Waals surface area contributed by atoms with Crippen LogP contribution in [-0.2, 0) is 10.5 Å². The normalized spacial score (nSPS) is 10.8. The summed E-state index contributed by atoms with van der Waals surface area (Å²) in [4.78, 5) is 11.9. The van der Waals surface area contributed by atoms with Crippen LogP contribution in [0.25, 0.3) is 0 Å². The number of thioether (sulfide) groups is 1. The Morgan fingerprint density at radius 2 is 2.04 bits per heavy atom. The third kappa shape index (κ3) is 6.54. The van der Waals surface area contributed by atoms with E-state index in [0.29, 0.717) is 35.4 Å². The maximum atomic E-state index is 13.7. The fourth-order valence-electron chi connectivity index (χ4n) is 2.38. The minimum absolute atomic E-state index is 0.0925. The lowest BCUT2D eigenvalue weighted by atomic mass is 10.0. The quantitative estimate of drug-likeness (QED) is 0.605. The van der Waals surface area contributed by atoms with Crippen molar-refractivity contribution in [3.05, 3.63) is 64.4 Å². The molecule has 6 heteroatoms. The van der Waals surface area contributed by atoms with E-state index in [1.54, 1.807) is 12.1 Å². The molecule has 0 saturated heterocycles. The molecule has 0 aliphatic heterocycles. The third-order valence-electron chi connectivity index (χ3n) is 3.73. The Hall–Kier alpha value is -1.72. The van der Waals surface area contributed by atoms with Gasteiger partial charge in [-0.05, 0) is 35.2 Å². The summed E-state index contributed by atoms with van der Waals surface area (Å²) in [5.41, 5.74) is 1.69. The van der Waals surface area contributed by atoms with E-state index < -0.39 is 0 Å². The summed E-state index contributed by atoms with van der Waals surface area (Å²) in [5.74, 6) is 1.49. The van der Waals surface area contributed by atoms with Crippen molar-refractivity contribution < 1.29 is 13.9 Å². The van der Waals surface area contributed by atoms with E-state index >= 15 is 0 Å². The van der Waals surface area contributed by atoms with Gasteiger partial charge in [-0.25, -0.2) is 4.39 Å². The smallest absolute Gasteiger partial charge is 0.230 e. The van der Waals surface area contributed by atoms with E-state index in [4.69, 9.17) is 16.3 Å². The van der Waals surface area contributed by atoms with Gasteiger partial charge in [0.05, 0.1) is 12.3 Å². The lowest BCUT2D eigenvalue weighted by Gasteiger charge is -2.14. The predicted molar refractivity (Wildman–Crippen MR) is 107 cm³/mol. The molecule has 0 bridgehead atoms. The summed E-state index contributed by atoms with van der Waals surface area (Å²) in [6.45, 7) is 5.07. The highest BCUT2D eigenvalue weighted by molar-refractivity contribution is 7.99. The highest BCUT2D eigenvalue weighted by atomic mass is 35.5. The van der Waals surface area contributed by atoms with Gasteiger partial charge in [0.1, 0.15) is 18.2 Å². The van der Waals surface area contributed by atoms with Crippen LogP contribution in [0.5, 0.6) is 5.75 Å². The number of amides is 1. The van der Waals surface area contributed by atoms with Gasteiger partial charge in [0.2, 0.25) is 5.91 Å². The van der Waals surface area contributed by atoms with Gasteiger partial charge in [-0.15, -0.1) is 11.8 Å². The number of nitrogens with one attached hydrogen (secondary N) is 1. The average Bonchev–Trinajstić information content (AvgIpc) is 2.61. The zero-order valence-electron chi connectivity index (χ0n) is 14.9. The van der Waals surface area contributed by atoms with Crippen LogP contribution in [0.4, 0.5) is 4.39 Å². The molecule has 1 amide bonds.